The van der Waals surface area contributed by atoms with E-state index in [1.54, 1.807) is 0 Å². The fourth-order valence-corrected chi connectivity index (χ4v) is 2.32. The van der Waals surface area contributed by atoms with Crippen molar-refractivity contribution in [2.75, 3.05) is 5.32 Å². The molecule has 2 aromatic rings. The molecule has 0 aliphatic carbocycles. The van der Waals surface area contributed by atoms with E-state index >= 15 is 0 Å². The molecule has 1 aromatic heterocycles. The highest BCUT2D eigenvalue weighted by Gasteiger charge is 2.19. The van der Waals surface area contributed by atoms with Gasteiger partial charge in [0.25, 0.3) is 11.6 Å². The molecule has 0 atom stereocenters. The molecule has 0 radical (unpaired) electrons. The molecule has 1 amide bonds. The smallest absolute Gasteiger partial charge is 0.338 e. The predicted molar refractivity (Wildman–Crippen MR) is 72.3 cm³/mol. The van der Waals surface area contributed by atoms with Crippen LogP contribution in [-0.4, -0.2) is 21.9 Å². The lowest BCUT2D eigenvalue weighted by Crippen LogP contribution is -2.15. The van der Waals surface area contributed by atoms with Crippen molar-refractivity contribution in [1.29, 1.82) is 0 Å². The molecule has 9 heteroatoms. The molecule has 2 rings (SSSR count). The Morgan fingerprint density at radius 2 is 2.00 bits per heavy atom. The lowest BCUT2D eigenvalue weighted by molar-refractivity contribution is -0.385. The van der Waals surface area contributed by atoms with E-state index in [1.807, 2.05) is 0 Å². The van der Waals surface area contributed by atoms with Gasteiger partial charge in [-0.2, -0.15) is 0 Å². The lowest BCUT2D eigenvalue weighted by atomic mass is 10.2. The van der Waals surface area contributed by atoms with Crippen LogP contribution in [0.2, 0.25) is 0 Å². The highest BCUT2D eigenvalue weighted by Crippen LogP contribution is 2.25. The maximum absolute atomic E-state index is 13.7. The first kappa shape index (κ1) is 14.6. The summed E-state index contributed by atoms with van der Waals surface area (Å²) in [5.74, 6) is -3.17. The number of hydrogen-bond donors (Lipinski definition) is 2. The number of halogens is 1. The number of anilines is 1. The maximum atomic E-state index is 13.7. The number of amides is 1. The van der Waals surface area contributed by atoms with Crippen molar-refractivity contribution in [3.63, 3.8) is 0 Å². The molecule has 2 N–H and O–H groups in total. The van der Waals surface area contributed by atoms with Crippen LogP contribution in [0.1, 0.15) is 20.7 Å². The third-order valence-electron chi connectivity index (χ3n) is 2.53. The highest BCUT2D eigenvalue weighted by molar-refractivity contribution is 7.14. The third-order valence-corrected chi connectivity index (χ3v) is 3.36. The van der Waals surface area contributed by atoms with E-state index in [-0.39, 0.29) is 10.6 Å². The molecule has 0 spiro atoms. The summed E-state index contributed by atoms with van der Waals surface area (Å²) in [7, 11) is 0. The molecule has 108 valence electrons. The van der Waals surface area contributed by atoms with Crippen LogP contribution in [0.4, 0.5) is 15.1 Å². The zero-order chi connectivity index (χ0) is 15.6. The average Bonchev–Trinajstić information content (AvgIpc) is 2.86. The highest BCUT2D eigenvalue weighted by atomic mass is 32.1. The zero-order valence-corrected chi connectivity index (χ0v) is 11.0. The van der Waals surface area contributed by atoms with E-state index < -0.39 is 33.9 Å². The van der Waals surface area contributed by atoms with Crippen LogP contribution in [0.3, 0.4) is 0 Å². The molecular weight excluding hydrogens is 303 g/mol. The Labute approximate surface area is 120 Å². The lowest BCUT2D eigenvalue weighted by Gasteiger charge is -2.05. The molecule has 0 fully saturated rings. The van der Waals surface area contributed by atoms with E-state index in [1.165, 1.54) is 11.4 Å². The van der Waals surface area contributed by atoms with Crippen LogP contribution in [-0.2, 0) is 0 Å². The van der Waals surface area contributed by atoms with Crippen molar-refractivity contribution in [2.45, 2.75) is 0 Å². The summed E-state index contributed by atoms with van der Waals surface area (Å²) >= 11 is 0.971. The summed E-state index contributed by atoms with van der Waals surface area (Å²) in [6.45, 7) is 0. The number of carbonyl (C=O) groups excluding carboxylic acids is 1. The van der Waals surface area contributed by atoms with Crippen LogP contribution in [0.5, 0.6) is 0 Å². The van der Waals surface area contributed by atoms with E-state index in [4.69, 9.17) is 5.11 Å². The molecule has 0 aliphatic rings. The molecule has 1 heterocycles. The predicted octanol–water partition coefficient (Wildman–Crippen LogP) is 2.75. The monoisotopic (exact) mass is 310 g/mol. The van der Waals surface area contributed by atoms with Crippen LogP contribution >= 0.6 is 11.3 Å². The van der Waals surface area contributed by atoms with Crippen molar-refractivity contribution >= 4 is 33.9 Å². The van der Waals surface area contributed by atoms with E-state index in [9.17, 15) is 24.1 Å². The van der Waals surface area contributed by atoms with Gasteiger partial charge in [-0.05, 0) is 17.5 Å². The first-order valence-corrected chi connectivity index (χ1v) is 6.34. The standard InChI is InChI=1S/C12H7FN2O5S/c13-9-5-6(15(19)20)1-2-7(9)10(16)14-11-8(12(17)18)3-4-21-11/h1-5H,(H,14,16)(H,17,18). The van der Waals surface area contributed by atoms with Crippen LogP contribution in [0.25, 0.3) is 0 Å². The Morgan fingerprint density at radius 1 is 1.29 bits per heavy atom. The SMILES string of the molecule is O=C(Nc1sccc1C(=O)O)c1ccc([N+](=O)[O-])cc1F. The van der Waals surface area contributed by atoms with Crippen molar-refractivity contribution in [2.24, 2.45) is 0 Å². The molecule has 7 nitrogen and oxygen atoms in total. The van der Waals surface area contributed by atoms with Crippen molar-refractivity contribution in [3.8, 4) is 0 Å². The Morgan fingerprint density at radius 3 is 2.57 bits per heavy atom. The van der Waals surface area contributed by atoms with Gasteiger partial charge >= 0.3 is 5.97 Å². The van der Waals surface area contributed by atoms with Crippen LogP contribution in [0.15, 0.2) is 29.6 Å². The fraction of sp³-hybridized carbons (Fsp3) is 0. The Hall–Kier alpha value is -2.81. The summed E-state index contributed by atoms with van der Waals surface area (Å²) in [5, 5.41) is 23.2. The van der Waals surface area contributed by atoms with Crippen LogP contribution < -0.4 is 5.32 Å². The number of aromatic carboxylic acids is 1. The van der Waals surface area contributed by atoms with Gasteiger partial charge in [0.15, 0.2) is 0 Å². The molecule has 0 saturated heterocycles. The topological polar surface area (TPSA) is 110 Å². The number of nitro benzene ring substituents is 1. The van der Waals surface area contributed by atoms with Crippen molar-refractivity contribution < 1.29 is 24.0 Å². The largest absolute Gasteiger partial charge is 0.478 e. The number of rotatable bonds is 4. The normalized spacial score (nSPS) is 10.1. The fourth-order valence-electron chi connectivity index (χ4n) is 1.55. The second-order valence-electron chi connectivity index (χ2n) is 3.84. The molecule has 0 unspecified atom stereocenters. The minimum absolute atomic E-state index is 0.0604. The summed E-state index contributed by atoms with van der Waals surface area (Å²) < 4.78 is 13.7. The van der Waals surface area contributed by atoms with Gasteiger partial charge in [0.05, 0.1) is 22.1 Å². The first-order valence-electron chi connectivity index (χ1n) is 5.46. The van der Waals surface area contributed by atoms with E-state index in [0.29, 0.717) is 6.07 Å². The zero-order valence-electron chi connectivity index (χ0n) is 10.2. The Bertz CT molecular complexity index is 743. The number of thiophene rings is 1. The van der Waals surface area contributed by atoms with E-state index in [2.05, 4.69) is 5.32 Å². The number of carboxylic acid groups (broad SMARTS) is 1. The van der Waals surface area contributed by atoms with Gasteiger partial charge in [-0.3, -0.25) is 14.9 Å². The number of non-ortho nitro benzene ring substituents is 1. The van der Waals surface area contributed by atoms with Gasteiger partial charge in [0.1, 0.15) is 10.8 Å². The summed E-state index contributed by atoms with van der Waals surface area (Å²) in [4.78, 5) is 32.5. The number of hydrogen-bond acceptors (Lipinski definition) is 5. The maximum Gasteiger partial charge on any atom is 0.338 e. The van der Waals surface area contributed by atoms with Crippen molar-refractivity contribution in [1.82, 2.24) is 0 Å². The number of benzene rings is 1. The minimum atomic E-state index is -1.23. The van der Waals surface area contributed by atoms with Gasteiger partial charge < -0.3 is 10.4 Å². The molecule has 0 saturated carbocycles. The molecular formula is C12H7FN2O5S. The summed E-state index contributed by atoms with van der Waals surface area (Å²) in [5.41, 5.74) is -1.01. The number of nitrogens with one attached hydrogen (secondary N) is 1. The Kier molecular flexibility index (Phi) is 3.94. The van der Waals surface area contributed by atoms with Gasteiger partial charge in [0.2, 0.25) is 0 Å². The van der Waals surface area contributed by atoms with Gasteiger partial charge in [-0.1, -0.05) is 0 Å². The molecule has 0 bridgehead atoms. The number of nitro groups is 1. The van der Waals surface area contributed by atoms with Gasteiger partial charge in [0, 0.05) is 6.07 Å². The number of carbonyl (C=O) groups is 2. The first-order chi connectivity index (χ1) is 9.90. The van der Waals surface area contributed by atoms with Crippen LogP contribution in [0, 0.1) is 15.9 Å². The second-order valence-corrected chi connectivity index (χ2v) is 4.76. The molecule has 1 aromatic carbocycles. The van der Waals surface area contributed by atoms with E-state index in [0.717, 1.165) is 23.5 Å². The summed E-state index contributed by atoms with van der Waals surface area (Å²) in [6.07, 6.45) is 0. The quantitative estimate of drug-likeness (QED) is 0.666. The molecule has 0 aliphatic heterocycles. The summed E-state index contributed by atoms with van der Waals surface area (Å²) in [6, 6.07) is 3.89. The molecule has 21 heavy (non-hydrogen) atoms. The average molecular weight is 310 g/mol. The number of nitrogens with zero attached hydrogens (tertiary/aromatic N) is 1. The minimum Gasteiger partial charge on any atom is -0.478 e. The van der Waals surface area contributed by atoms with Crippen molar-refractivity contribution in [3.05, 3.63) is 56.7 Å². The van der Waals surface area contributed by atoms with Gasteiger partial charge in [-0.15, -0.1) is 11.3 Å². The van der Waals surface area contributed by atoms with Gasteiger partial charge in [-0.25, -0.2) is 9.18 Å². The number of carboxylic acids is 1. The Balaban J connectivity index is 2.27. The third kappa shape index (κ3) is 3.03. The second kappa shape index (κ2) is 5.67.